The third kappa shape index (κ3) is 7.85. The first-order valence-corrected chi connectivity index (χ1v) is 18.0. The first-order valence-electron chi connectivity index (χ1n) is 17.2. The second kappa shape index (κ2) is 16.2. The molecule has 2 saturated heterocycles. The van der Waals surface area contributed by atoms with E-state index in [1.165, 1.54) is 31.4 Å². The van der Waals surface area contributed by atoms with E-state index in [1.54, 1.807) is 7.11 Å². The van der Waals surface area contributed by atoms with E-state index in [9.17, 15) is 5.11 Å². The number of aromatic nitrogens is 1. The normalized spacial score (nSPS) is 19.5. The lowest BCUT2D eigenvalue weighted by molar-refractivity contribution is 0.00623. The smallest absolute Gasteiger partial charge is 0.217 e. The molecule has 7 rings (SSSR count). The van der Waals surface area contributed by atoms with Crippen LogP contribution in [0.1, 0.15) is 62.1 Å². The highest BCUT2D eigenvalue weighted by Crippen LogP contribution is 2.48. The topological polar surface area (TPSA) is 48.8 Å². The van der Waals surface area contributed by atoms with Gasteiger partial charge in [-0.1, -0.05) is 96.5 Å². The van der Waals surface area contributed by atoms with Gasteiger partial charge < -0.3 is 9.84 Å². The van der Waals surface area contributed by atoms with E-state index in [0.29, 0.717) is 30.3 Å². The van der Waals surface area contributed by atoms with Crippen LogP contribution in [0.3, 0.4) is 0 Å². The van der Waals surface area contributed by atoms with E-state index in [4.69, 9.17) is 9.72 Å². The number of aliphatic hydroxyl groups is 1. The van der Waals surface area contributed by atoms with E-state index in [2.05, 4.69) is 118 Å². The summed E-state index contributed by atoms with van der Waals surface area (Å²) in [5.41, 5.74) is 2.51. The third-order valence-corrected chi connectivity index (χ3v) is 10.9. The molecule has 0 aliphatic carbocycles. The van der Waals surface area contributed by atoms with Gasteiger partial charge >= 0.3 is 0 Å². The lowest BCUT2D eigenvalue weighted by Gasteiger charge is -2.39. The minimum atomic E-state index is -1.21. The molecule has 4 aromatic carbocycles. The van der Waals surface area contributed by atoms with Crippen molar-refractivity contribution in [3.05, 3.63) is 118 Å². The van der Waals surface area contributed by atoms with Gasteiger partial charge in [-0.25, -0.2) is 4.98 Å². The zero-order valence-electron chi connectivity index (χ0n) is 28.8. The maximum absolute atomic E-state index is 13.4. The van der Waals surface area contributed by atoms with E-state index in [1.807, 2.05) is 18.2 Å². The minimum absolute atomic E-state index is 0. The molecule has 0 spiro atoms. The fraction of sp³-hybridized carbons (Fsp3) is 0.390. The molecule has 4 unspecified atom stereocenters. The van der Waals surface area contributed by atoms with Crippen LogP contribution in [0, 0.1) is 5.92 Å². The molecule has 2 aliphatic heterocycles. The van der Waals surface area contributed by atoms with Gasteiger partial charge in [0.15, 0.2) is 0 Å². The second-order valence-electron chi connectivity index (χ2n) is 14.1. The summed E-state index contributed by atoms with van der Waals surface area (Å²) < 4.78 is 6.99. The van der Waals surface area contributed by atoms with Crippen molar-refractivity contribution >= 4 is 64.6 Å². The molecule has 1 N–H and O–H groups in total. The predicted octanol–water partition coefficient (Wildman–Crippen LogP) is 8.99. The van der Waals surface area contributed by atoms with Gasteiger partial charge in [0, 0.05) is 53.1 Å². The number of pyridine rings is 1. The van der Waals surface area contributed by atoms with Crippen LogP contribution in [0.4, 0.5) is 0 Å². The van der Waals surface area contributed by atoms with Crippen LogP contribution < -0.4 is 4.74 Å². The lowest BCUT2D eigenvalue weighted by Crippen LogP contribution is -2.47. The van der Waals surface area contributed by atoms with Crippen LogP contribution in [-0.2, 0) is 5.60 Å². The number of likely N-dealkylation sites (tertiary alicyclic amines) is 2. The third-order valence-electron chi connectivity index (χ3n) is 10.5. The molecule has 3 heterocycles. The van der Waals surface area contributed by atoms with Crippen LogP contribution in [0.15, 0.2) is 102 Å². The standard InChI is InChI=1S/C41H46BrN3O2.2H2S/c1-28(2)25-45-27-35-24-36(45)26-44(35)20-10-9-19-41(46,33-16-15-29-11-7-8-14-31(29)21-33)39(30-12-5-4-6-13-30)37-23-32-22-34(42)17-18-38(32)43-40(37)47-3;;/h4-8,11-18,21-23,28,35-36,39,46H,9-10,19-20,24-27H2,1-3H3;2*1H2. The summed E-state index contributed by atoms with van der Waals surface area (Å²) in [6.45, 7) is 9.31. The van der Waals surface area contributed by atoms with Crippen LogP contribution in [0.25, 0.3) is 21.7 Å². The summed E-state index contributed by atoms with van der Waals surface area (Å²) in [6.07, 6.45) is 3.87. The zero-order chi connectivity index (χ0) is 32.5. The number of ether oxygens (including phenoxy) is 1. The Morgan fingerprint density at radius 3 is 2.27 bits per heavy atom. The predicted molar refractivity (Wildman–Crippen MR) is 217 cm³/mol. The van der Waals surface area contributed by atoms with E-state index in [0.717, 1.165) is 56.8 Å². The highest BCUT2D eigenvalue weighted by Gasteiger charge is 2.44. The summed E-state index contributed by atoms with van der Waals surface area (Å²) in [5.74, 6) is 0.862. The largest absolute Gasteiger partial charge is 0.481 e. The SMILES string of the molecule is COc1nc2ccc(Br)cc2cc1C(c1ccccc1)C(O)(CCCCN1CC2CC1CN2CC(C)C)c1ccc2ccccc2c1.S.S. The van der Waals surface area contributed by atoms with Crippen LogP contribution in [-0.4, -0.2) is 65.3 Å². The Kier molecular flexibility index (Phi) is 12.4. The molecule has 0 saturated carbocycles. The quantitative estimate of drug-likeness (QED) is 0.129. The Morgan fingerprint density at radius 1 is 0.837 bits per heavy atom. The number of fused-ring (bicyclic) bond motifs is 4. The van der Waals surface area contributed by atoms with Crippen LogP contribution in [0.2, 0.25) is 0 Å². The Bertz CT molecular complexity index is 1860. The molecule has 4 atom stereocenters. The van der Waals surface area contributed by atoms with E-state index >= 15 is 0 Å². The van der Waals surface area contributed by atoms with Gasteiger partial charge in [0.25, 0.3) is 0 Å². The molecular weight excluding hydrogens is 711 g/mol. The average Bonchev–Trinajstić information content (AvgIpc) is 3.66. The Morgan fingerprint density at radius 2 is 1.55 bits per heavy atom. The van der Waals surface area contributed by atoms with Gasteiger partial charge in [-0.3, -0.25) is 9.80 Å². The van der Waals surface area contributed by atoms with Crippen LogP contribution in [0.5, 0.6) is 5.88 Å². The molecule has 260 valence electrons. The maximum Gasteiger partial charge on any atom is 0.217 e. The van der Waals surface area contributed by atoms with Gasteiger partial charge in [-0.05, 0) is 90.4 Å². The molecule has 5 aromatic rings. The Labute approximate surface area is 314 Å². The van der Waals surface area contributed by atoms with Gasteiger partial charge in [0.2, 0.25) is 5.88 Å². The highest BCUT2D eigenvalue weighted by atomic mass is 79.9. The molecular formula is C41H50BrN3O2S2. The second-order valence-corrected chi connectivity index (χ2v) is 15.0. The molecule has 1 aromatic heterocycles. The van der Waals surface area contributed by atoms with Gasteiger partial charge in [0.05, 0.1) is 12.6 Å². The molecule has 8 heteroatoms. The number of hydrogen-bond acceptors (Lipinski definition) is 5. The summed E-state index contributed by atoms with van der Waals surface area (Å²) in [4.78, 5) is 10.4. The van der Waals surface area contributed by atoms with Crippen molar-refractivity contribution in [1.29, 1.82) is 0 Å². The van der Waals surface area contributed by atoms with Crippen molar-refractivity contribution in [1.82, 2.24) is 14.8 Å². The van der Waals surface area contributed by atoms with Gasteiger partial charge in [-0.2, -0.15) is 27.0 Å². The Balaban J connectivity index is 0.00000234. The van der Waals surface area contributed by atoms with Crippen molar-refractivity contribution in [3.8, 4) is 5.88 Å². The van der Waals surface area contributed by atoms with Crippen molar-refractivity contribution < 1.29 is 9.84 Å². The van der Waals surface area contributed by atoms with Crippen molar-refractivity contribution in [2.75, 3.05) is 33.3 Å². The van der Waals surface area contributed by atoms with Crippen molar-refractivity contribution in [2.45, 2.75) is 63.1 Å². The summed E-state index contributed by atoms with van der Waals surface area (Å²) in [5, 5.41) is 16.7. The Hall–Kier alpha value is -2.59. The first kappa shape index (κ1) is 37.7. The number of unbranched alkanes of at least 4 members (excludes halogenated alkanes) is 1. The summed E-state index contributed by atoms with van der Waals surface area (Å²) in [6, 6.07) is 34.9. The maximum atomic E-state index is 13.4. The summed E-state index contributed by atoms with van der Waals surface area (Å²) in [7, 11) is 1.68. The highest BCUT2D eigenvalue weighted by molar-refractivity contribution is 9.10. The summed E-state index contributed by atoms with van der Waals surface area (Å²) >= 11 is 3.65. The first-order chi connectivity index (χ1) is 22.8. The minimum Gasteiger partial charge on any atom is -0.481 e. The fourth-order valence-electron chi connectivity index (χ4n) is 8.30. The molecule has 5 nitrogen and oxygen atoms in total. The number of benzene rings is 4. The lowest BCUT2D eigenvalue weighted by atomic mass is 9.71. The molecule has 2 bridgehead atoms. The number of hydrogen-bond donors (Lipinski definition) is 1. The molecule has 49 heavy (non-hydrogen) atoms. The molecule has 2 fully saturated rings. The van der Waals surface area contributed by atoms with Crippen LogP contribution >= 0.6 is 42.9 Å². The monoisotopic (exact) mass is 759 g/mol. The number of nitrogens with zero attached hydrogens (tertiary/aromatic N) is 3. The average molecular weight is 761 g/mol. The number of halogens is 1. The molecule has 0 radical (unpaired) electrons. The number of rotatable bonds is 12. The number of methoxy groups -OCH3 is 1. The van der Waals surface area contributed by atoms with E-state index < -0.39 is 11.5 Å². The molecule has 0 amide bonds. The van der Waals surface area contributed by atoms with Crippen molar-refractivity contribution in [3.63, 3.8) is 0 Å². The molecule has 2 aliphatic rings. The van der Waals surface area contributed by atoms with Crippen molar-refractivity contribution in [2.24, 2.45) is 5.92 Å². The van der Waals surface area contributed by atoms with E-state index in [-0.39, 0.29) is 27.0 Å². The van der Waals surface area contributed by atoms with Gasteiger partial charge in [0.1, 0.15) is 5.60 Å². The zero-order valence-corrected chi connectivity index (χ0v) is 32.4. The van der Waals surface area contributed by atoms with Gasteiger partial charge in [-0.15, -0.1) is 0 Å². The fourth-order valence-corrected chi connectivity index (χ4v) is 8.67. The number of piperazine rings is 1.